The van der Waals surface area contributed by atoms with E-state index in [0.29, 0.717) is 12.0 Å². The van der Waals surface area contributed by atoms with Crippen molar-refractivity contribution in [3.05, 3.63) is 43.0 Å². The zero-order valence-corrected chi connectivity index (χ0v) is 16.8. The highest BCUT2D eigenvalue weighted by Crippen LogP contribution is 2.33. The quantitative estimate of drug-likeness (QED) is 0.539. The predicted molar refractivity (Wildman–Crippen MR) is 101 cm³/mol. The fraction of sp³-hybridized carbons (Fsp3) is 0.500. The molecule has 1 rings (SSSR count). The molecule has 2 atom stereocenters. The average molecular weight is 335 g/mol. The summed E-state index contributed by atoms with van der Waals surface area (Å²) in [5.41, 5.74) is 0.432. The first-order valence-electron chi connectivity index (χ1n) is 7.98. The molecule has 0 heterocycles. The first-order valence-corrected chi connectivity index (χ1v) is 14.5. The van der Waals surface area contributed by atoms with Crippen LogP contribution in [0.4, 0.5) is 0 Å². The van der Waals surface area contributed by atoms with E-state index in [1.165, 1.54) is 5.19 Å². The summed E-state index contributed by atoms with van der Waals surface area (Å²) in [6.45, 7) is 17.1. The van der Waals surface area contributed by atoms with Crippen molar-refractivity contribution in [2.45, 2.75) is 51.6 Å². The van der Waals surface area contributed by atoms with Gasteiger partial charge in [-0.3, -0.25) is 4.79 Å². The summed E-state index contributed by atoms with van der Waals surface area (Å²) >= 11 is 0. The summed E-state index contributed by atoms with van der Waals surface area (Å²) in [6, 6.07) is 10.7. The van der Waals surface area contributed by atoms with Gasteiger partial charge in [-0.15, -0.1) is 6.58 Å². The molecule has 0 amide bonds. The van der Waals surface area contributed by atoms with Gasteiger partial charge in [0.1, 0.15) is 0 Å². The molecule has 0 spiro atoms. The van der Waals surface area contributed by atoms with Crippen LogP contribution in [0.25, 0.3) is 0 Å². The zero-order chi connectivity index (χ0) is 17.0. The lowest BCUT2D eigenvalue weighted by atomic mass is 10.0. The molecular formula is C18H30O2Si2. The van der Waals surface area contributed by atoms with Crippen LogP contribution >= 0.6 is 0 Å². The third-order valence-electron chi connectivity index (χ3n) is 4.42. The van der Waals surface area contributed by atoms with Crippen LogP contribution in [0, 0.1) is 5.92 Å². The molecule has 2 nitrogen and oxygen atoms in total. The number of carbonyl (C=O) groups is 1. The van der Waals surface area contributed by atoms with Crippen LogP contribution in [0.1, 0.15) is 13.3 Å². The van der Waals surface area contributed by atoms with Crippen molar-refractivity contribution in [1.29, 1.82) is 0 Å². The Morgan fingerprint density at radius 2 is 1.73 bits per heavy atom. The minimum Gasteiger partial charge on any atom is -0.520 e. The Morgan fingerprint density at radius 1 is 1.18 bits per heavy atom. The van der Waals surface area contributed by atoms with Crippen molar-refractivity contribution in [3.8, 4) is 0 Å². The number of benzene rings is 1. The van der Waals surface area contributed by atoms with Crippen molar-refractivity contribution < 1.29 is 9.22 Å². The van der Waals surface area contributed by atoms with Gasteiger partial charge >= 0.3 is 0 Å². The van der Waals surface area contributed by atoms with E-state index < -0.39 is 16.4 Å². The van der Waals surface area contributed by atoms with Crippen LogP contribution in [0.3, 0.4) is 0 Å². The van der Waals surface area contributed by atoms with Gasteiger partial charge in [-0.05, 0) is 31.1 Å². The number of allylic oxidation sites excluding steroid dienone is 1. The summed E-state index contributed by atoms with van der Waals surface area (Å²) in [5.74, 6) is 0.0968. The second-order valence-electron chi connectivity index (χ2n) is 7.57. The fourth-order valence-corrected chi connectivity index (χ4v) is 6.37. The van der Waals surface area contributed by atoms with Crippen molar-refractivity contribution in [2.24, 2.45) is 5.92 Å². The van der Waals surface area contributed by atoms with Crippen LogP contribution in [0.2, 0.25) is 38.3 Å². The molecule has 22 heavy (non-hydrogen) atoms. The van der Waals surface area contributed by atoms with Gasteiger partial charge in [0, 0.05) is 0 Å². The first kappa shape index (κ1) is 18.9. The normalized spacial score (nSPS) is 15.0. The third-order valence-corrected chi connectivity index (χ3v) is 9.79. The molecule has 0 saturated heterocycles. The lowest BCUT2D eigenvalue weighted by molar-refractivity contribution is -0.135. The second-order valence-corrected chi connectivity index (χ2v) is 16.9. The van der Waals surface area contributed by atoms with Crippen LogP contribution < -0.4 is 5.19 Å². The number of rotatable bonds is 7. The minimum atomic E-state index is -1.82. The van der Waals surface area contributed by atoms with E-state index in [-0.39, 0.29) is 11.9 Å². The van der Waals surface area contributed by atoms with Crippen molar-refractivity contribution in [1.82, 2.24) is 0 Å². The number of hydrogen-bond donors (Lipinski definition) is 0. The number of carbonyl (C=O) groups excluding carboxylic acids is 1. The smallest absolute Gasteiger partial charge is 0.293 e. The van der Waals surface area contributed by atoms with Crippen LogP contribution in [-0.2, 0) is 9.22 Å². The van der Waals surface area contributed by atoms with Crippen LogP contribution in [0.15, 0.2) is 43.0 Å². The molecule has 0 aliphatic rings. The van der Waals surface area contributed by atoms with Crippen LogP contribution in [0.5, 0.6) is 0 Å². The van der Waals surface area contributed by atoms with Crippen molar-refractivity contribution in [2.75, 3.05) is 0 Å². The van der Waals surface area contributed by atoms with Gasteiger partial charge < -0.3 is 4.43 Å². The molecule has 0 saturated carbocycles. The van der Waals surface area contributed by atoms with Crippen LogP contribution in [-0.4, -0.2) is 22.4 Å². The van der Waals surface area contributed by atoms with E-state index in [1.807, 2.05) is 25.7 Å². The first-order chi connectivity index (χ1) is 10.1. The molecule has 0 unspecified atom stereocenters. The van der Waals surface area contributed by atoms with E-state index in [2.05, 4.69) is 56.9 Å². The maximum atomic E-state index is 12.2. The monoisotopic (exact) mass is 334 g/mol. The summed E-state index contributed by atoms with van der Waals surface area (Å²) in [4.78, 5) is 12.2. The standard InChI is InChI=1S/C18H30O2Si2/c1-8-16(14-18(19)20-21(3,4)5)15(2)22(6,7)17-12-10-9-11-13-17/h8-13,15-16H,1,14H2,2-7H3/t15-,16+/m0/s1. The lowest BCUT2D eigenvalue weighted by Crippen LogP contribution is -2.47. The predicted octanol–water partition coefficient (Wildman–Crippen LogP) is 4.56. The van der Waals surface area contributed by atoms with Crippen molar-refractivity contribution in [3.63, 3.8) is 0 Å². The Hall–Kier alpha value is -1.14. The molecular weight excluding hydrogens is 304 g/mol. The highest BCUT2D eigenvalue weighted by molar-refractivity contribution is 6.91. The summed E-state index contributed by atoms with van der Waals surface area (Å²) in [5, 5.41) is 1.42. The summed E-state index contributed by atoms with van der Waals surface area (Å²) < 4.78 is 5.61. The Balaban J connectivity index is 2.86. The molecule has 1 aromatic rings. The van der Waals surface area contributed by atoms with Crippen molar-refractivity contribution >= 4 is 27.5 Å². The Labute approximate surface area is 137 Å². The third kappa shape index (κ3) is 5.25. The molecule has 0 bridgehead atoms. The Kier molecular flexibility index (Phi) is 6.38. The van der Waals surface area contributed by atoms with Gasteiger partial charge in [-0.2, -0.15) is 0 Å². The van der Waals surface area contributed by atoms with E-state index in [4.69, 9.17) is 4.43 Å². The molecule has 0 aromatic heterocycles. The molecule has 0 radical (unpaired) electrons. The van der Waals surface area contributed by atoms with Gasteiger partial charge in [-0.25, -0.2) is 0 Å². The summed E-state index contributed by atoms with van der Waals surface area (Å²) in [6.07, 6.45) is 2.38. The maximum Gasteiger partial charge on any atom is 0.293 e. The van der Waals surface area contributed by atoms with Gasteiger partial charge in [0.15, 0.2) is 0 Å². The van der Waals surface area contributed by atoms with Gasteiger partial charge in [-0.1, -0.05) is 61.6 Å². The molecule has 0 N–H and O–H groups in total. The number of hydrogen-bond acceptors (Lipinski definition) is 2. The topological polar surface area (TPSA) is 26.3 Å². The molecule has 0 fully saturated rings. The fourth-order valence-electron chi connectivity index (χ4n) is 2.71. The lowest BCUT2D eigenvalue weighted by Gasteiger charge is -2.35. The van der Waals surface area contributed by atoms with E-state index in [9.17, 15) is 4.79 Å². The summed E-state index contributed by atoms with van der Waals surface area (Å²) in [7, 11) is -3.48. The molecule has 0 aliphatic heterocycles. The highest BCUT2D eigenvalue weighted by atomic mass is 28.4. The van der Waals surface area contributed by atoms with E-state index in [0.717, 1.165) is 0 Å². The van der Waals surface area contributed by atoms with Gasteiger partial charge in [0.25, 0.3) is 5.97 Å². The largest absolute Gasteiger partial charge is 0.520 e. The van der Waals surface area contributed by atoms with Gasteiger partial charge in [0.05, 0.1) is 14.5 Å². The Morgan fingerprint density at radius 3 is 2.18 bits per heavy atom. The maximum absolute atomic E-state index is 12.2. The van der Waals surface area contributed by atoms with E-state index in [1.54, 1.807) is 0 Å². The molecule has 122 valence electrons. The minimum absolute atomic E-state index is 0.0752. The highest BCUT2D eigenvalue weighted by Gasteiger charge is 2.36. The van der Waals surface area contributed by atoms with Gasteiger partial charge in [0.2, 0.25) is 8.32 Å². The molecule has 1 aromatic carbocycles. The molecule has 4 heteroatoms. The second kappa shape index (κ2) is 7.42. The molecule has 0 aliphatic carbocycles. The Bertz CT molecular complexity index is 504. The zero-order valence-electron chi connectivity index (χ0n) is 14.8. The van der Waals surface area contributed by atoms with E-state index >= 15 is 0 Å². The SMILES string of the molecule is C=C[C@H](CC(=O)O[Si](C)(C)C)[C@H](C)[Si](C)(C)c1ccccc1. The average Bonchev–Trinajstić information content (AvgIpc) is 2.43.